The van der Waals surface area contributed by atoms with Crippen LogP contribution >= 0.6 is 15.9 Å². The molecule has 0 atom stereocenters. The molecule has 10 heteroatoms. The van der Waals surface area contributed by atoms with Crippen molar-refractivity contribution in [3.8, 4) is 0 Å². The molecule has 25 heavy (non-hydrogen) atoms. The first-order valence-electron chi connectivity index (χ1n) is 6.81. The van der Waals surface area contributed by atoms with E-state index in [1.165, 1.54) is 30.3 Å². The zero-order chi connectivity index (χ0) is 18.4. The molecule has 0 aliphatic rings. The number of non-ortho nitro benzene ring substituents is 1. The molecule has 0 fully saturated rings. The molecule has 1 heterocycles. The van der Waals surface area contributed by atoms with Crippen LogP contribution in [0.25, 0.3) is 10.9 Å². The van der Waals surface area contributed by atoms with E-state index in [0.717, 1.165) is 12.3 Å². The Morgan fingerprint density at radius 3 is 2.40 bits per heavy atom. The standard InChI is InChI=1S/C15H9BrF2N2O4S/c16-10-4-1-2-7-13(10)25(23,24)19-8-9(15(17)18)14-11(19)5-3-6-12(14)20(21)22/h1-8,15H. The second kappa shape index (κ2) is 6.19. The number of aromatic nitrogens is 1. The van der Waals surface area contributed by atoms with Crippen molar-refractivity contribution in [1.29, 1.82) is 0 Å². The van der Waals surface area contributed by atoms with Gasteiger partial charge < -0.3 is 0 Å². The number of rotatable bonds is 4. The number of benzene rings is 2. The Balaban J connectivity index is 2.41. The van der Waals surface area contributed by atoms with E-state index >= 15 is 0 Å². The third-order valence-electron chi connectivity index (χ3n) is 3.61. The molecule has 130 valence electrons. The summed E-state index contributed by atoms with van der Waals surface area (Å²) in [5, 5.41) is 10.8. The summed E-state index contributed by atoms with van der Waals surface area (Å²) in [6.07, 6.45) is -2.34. The van der Waals surface area contributed by atoms with Gasteiger partial charge >= 0.3 is 0 Å². The van der Waals surface area contributed by atoms with E-state index < -0.39 is 38.0 Å². The van der Waals surface area contributed by atoms with Gasteiger partial charge in [-0.2, -0.15) is 0 Å². The molecule has 0 radical (unpaired) electrons. The fourth-order valence-corrected chi connectivity index (χ4v) is 4.88. The first-order chi connectivity index (χ1) is 11.7. The molecule has 0 bridgehead atoms. The topological polar surface area (TPSA) is 82.2 Å². The molecule has 0 spiro atoms. The van der Waals surface area contributed by atoms with Crippen LogP contribution in [0.2, 0.25) is 0 Å². The van der Waals surface area contributed by atoms with Crippen LogP contribution in [0.1, 0.15) is 12.0 Å². The molecule has 1 aromatic heterocycles. The molecule has 2 aromatic carbocycles. The van der Waals surface area contributed by atoms with E-state index in [-0.39, 0.29) is 14.9 Å². The summed E-state index contributed by atoms with van der Waals surface area (Å²) < 4.78 is 53.5. The highest BCUT2D eigenvalue weighted by molar-refractivity contribution is 9.10. The summed E-state index contributed by atoms with van der Waals surface area (Å²) >= 11 is 3.12. The molecule has 3 aromatic rings. The van der Waals surface area contributed by atoms with Crippen molar-refractivity contribution < 1.29 is 22.1 Å². The monoisotopic (exact) mass is 430 g/mol. The van der Waals surface area contributed by atoms with Gasteiger partial charge in [-0.05, 0) is 34.1 Å². The van der Waals surface area contributed by atoms with Gasteiger partial charge in [0.15, 0.2) is 0 Å². The fraction of sp³-hybridized carbons (Fsp3) is 0.0667. The van der Waals surface area contributed by atoms with Crippen molar-refractivity contribution >= 4 is 42.5 Å². The first-order valence-corrected chi connectivity index (χ1v) is 9.05. The molecular formula is C15H9BrF2N2O4S. The Kier molecular flexibility index (Phi) is 4.33. The summed E-state index contributed by atoms with van der Waals surface area (Å²) in [7, 11) is -4.24. The quantitative estimate of drug-likeness (QED) is 0.451. The van der Waals surface area contributed by atoms with Crippen LogP contribution in [-0.4, -0.2) is 17.3 Å². The van der Waals surface area contributed by atoms with E-state index in [9.17, 15) is 27.3 Å². The molecule has 0 aliphatic carbocycles. The highest BCUT2D eigenvalue weighted by Crippen LogP contribution is 2.38. The van der Waals surface area contributed by atoms with E-state index in [0.29, 0.717) is 3.97 Å². The average Bonchev–Trinajstić information content (AvgIpc) is 2.95. The van der Waals surface area contributed by atoms with Crippen LogP contribution in [0.15, 0.2) is 58.0 Å². The number of fused-ring (bicyclic) bond motifs is 1. The Morgan fingerprint density at radius 2 is 1.80 bits per heavy atom. The normalized spacial score (nSPS) is 12.0. The minimum Gasteiger partial charge on any atom is -0.258 e. The predicted octanol–water partition coefficient (Wildman–Crippen LogP) is 4.49. The molecule has 0 saturated heterocycles. The zero-order valence-electron chi connectivity index (χ0n) is 12.3. The predicted molar refractivity (Wildman–Crippen MR) is 90.3 cm³/mol. The van der Waals surface area contributed by atoms with Gasteiger partial charge in [0.1, 0.15) is 4.90 Å². The van der Waals surface area contributed by atoms with Gasteiger partial charge in [-0.1, -0.05) is 18.2 Å². The maximum Gasteiger partial charge on any atom is 0.279 e. The largest absolute Gasteiger partial charge is 0.279 e. The summed E-state index contributed by atoms with van der Waals surface area (Å²) in [6.45, 7) is 0. The van der Waals surface area contributed by atoms with Gasteiger partial charge in [0.25, 0.3) is 22.1 Å². The second-order valence-electron chi connectivity index (χ2n) is 5.04. The number of nitro groups is 1. The molecule has 0 N–H and O–H groups in total. The maximum atomic E-state index is 13.4. The van der Waals surface area contributed by atoms with Gasteiger partial charge in [-0.25, -0.2) is 21.2 Å². The molecule has 0 aliphatic heterocycles. The summed E-state index contributed by atoms with van der Waals surface area (Å²) in [5.74, 6) is 0. The van der Waals surface area contributed by atoms with Crippen molar-refractivity contribution in [1.82, 2.24) is 3.97 Å². The molecule has 0 saturated carbocycles. The molecule has 6 nitrogen and oxygen atoms in total. The number of nitrogens with zero attached hydrogens (tertiary/aromatic N) is 2. The van der Waals surface area contributed by atoms with E-state index in [4.69, 9.17) is 0 Å². The summed E-state index contributed by atoms with van der Waals surface area (Å²) in [4.78, 5) is 10.2. The smallest absolute Gasteiger partial charge is 0.258 e. The van der Waals surface area contributed by atoms with Gasteiger partial charge in [0, 0.05) is 16.7 Å². The van der Waals surface area contributed by atoms with Crippen LogP contribution in [0, 0.1) is 10.1 Å². The van der Waals surface area contributed by atoms with Crippen molar-refractivity contribution in [3.05, 3.63) is 68.8 Å². The van der Waals surface area contributed by atoms with Crippen LogP contribution < -0.4 is 0 Å². The lowest BCUT2D eigenvalue weighted by molar-refractivity contribution is -0.383. The third kappa shape index (κ3) is 2.81. The van der Waals surface area contributed by atoms with Gasteiger partial charge in [-0.15, -0.1) is 0 Å². The Labute approximate surface area is 149 Å². The lowest BCUT2D eigenvalue weighted by atomic mass is 10.1. The Bertz CT molecular complexity index is 1100. The van der Waals surface area contributed by atoms with Crippen LogP contribution in [-0.2, 0) is 10.0 Å². The Hall–Kier alpha value is -2.33. The number of nitro benzene ring substituents is 1. The van der Waals surface area contributed by atoms with Crippen molar-refractivity contribution in [2.75, 3.05) is 0 Å². The van der Waals surface area contributed by atoms with E-state index in [1.54, 1.807) is 6.07 Å². The second-order valence-corrected chi connectivity index (χ2v) is 7.68. The van der Waals surface area contributed by atoms with Gasteiger partial charge in [-0.3, -0.25) is 10.1 Å². The van der Waals surface area contributed by atoms with Crippen LogP contribution in [0.4, 0.5) is 14.5 Å². The van der Waals surface area contributed by atoms with E-state index in [1.807, 2.05) is 0 Å². The highest BCUT2D eigenvalue weighted by atomic mass is 79.9. The maximum absolute atomic E-state index is 13.4. The minimum atomic E-state index is -4.24. The summed E-state index contributed by atoms with van der Waals surface area (Å²) in [6, 6.07) is 9.46. The zero-order valence-corrected chi connectivity index (χ0v) is 14.7. The number of alkyl halides is 2. The van der Waals surface area contributed by atoms with Crippen molar-refractivity contribution in [2.24, 2.45) is 0 Å². The molecular weight excluding hydrogens is 422 g/mol. The lowest BCUT2D eigenvalue weighted by Crippen LogP contribution is -2.12. The molecule has 0 unspecified atom stereocenters. The van der Waals surface area contributed by atoms with Crippen molar-refractivity contribution in [3.63, 3.8) is 0 Å². The molecule has 3 rings (SSSR count). The molecule has 0 amide bonds. The first kappa shape index (κ1) is 17.5. The van der Waals surface area contributed by atoms with Gasteiger partial charge in [0.05, 0.1) is 21.4 Å². The highest BCUT2D eigenvalue weighted by Gasteiger charge is 2.29. The number of hydrogen-bond donors (Lipinski definition) is 0. The SMILES string of the molecule is O=[N+]([O-])c1cccc2c1c(C(F)F)cn2S(=O)(=O)c1ccccc1Br. The summed E-state index contributed by atoms with van der Waals surface area (Å²) in [5.41, 5.74) is -1.47. The number of halogens is 3. The fourth-order valence-electron chi connectivity index (χ4n) is 2.54. The average molecular weight is 431 g/mol. The van der Waals surface area contributed by atoms with Crippen LogP contribution in [0.5, 0.6) is 0 Å². The van der Waals surface area contributed by atoms with Crippen LogP contribution in [0.3, 0.4) is 0 Å². The van der Waals surface area contributed by atoms with Crippen molar-refractivity contribution in [2.45, 2.75) is 11.3 Å². The van der Waals surface area contributed by atoms with E-state index in [2.05, 4.69) is 15.9 Å². The Morgan fingerprint density at radius 1 is 1.12 bits per heavy atom. The van der Waals surface area contributed by atoms with Gasteiger partial charge in [0.2, 0.25) is 0 Å². The lowest BCUT2D eigenvalue weighted by Gasteiger charge is -2.09. The third-order valence-corrected chi connectivity index (χ3v) is 6.29. The number of hydrogen-bond acceptors (Lipinski definition) is 4. The minimum absolute atomic E-state index is 0.140.